The highest BCUT2D eigenvalue weighted by Crippen LogP contribution is 2.29. The van der Waals surface area contributed by atoms with Gasteiger partial charge in [0.25, 0.3) is 10.0 Å². The first-order valence-electron chi connectivity index (χ1n) is 7.86. The van der Waals surface area contributed by atoms with Gasteiger partial charge < -0.3 is 15.8 Å². The van der Waals surface area contributed by atoms with E-state index in [-0.39, 0.29) is 4.90 Å². The number of sulfonamides is 1. The van der Waals surface area contributed by atoms with E-state index in [1.54, 1.807) is 67.8 Å². The molecular formula is C19H19N3O3S. The number of hydrogen-bond acceptors (Lipinski definition) is 5. The smallest absolute Gasteiger partial charge is 0.264 e. The fourth-order valence-electron chi connectivity index (χ4n) is 2.41. The Balaban J connectivity index is 1.94. The first-order chi connectivity index (χ1) is 12.5. The first kappa shape index (κ1) is 17.6. The van der Waals surface area contributed by atoms with Gasteiger partial charge in [0.2, 0.25) is 0 Å². The third kappa shape index (κ3) is 4.07. The molecule has 7 heteroatoms. The van der Waals surface area contributed by atoms with Gasteiger partial charge in [0.15, 0.2) is 0 Å². The largest absolute Gasteiger partial charge is 0.497 e. The number of ether oxygens (including phenoxy) is 1. The Bertz CT molecular complexity index is 988. The normalized spacial score (nSPS) is 11.0. The van der Waals surface area contributed by atoms with E-state index in [2.05, 4.69) is 10.0 Å². The molecule has 0 unspecified atom stereocenters. The lowest BCUT2D eigenvalue weighted by atomic mass is 10.2. The van der Waals surface area contributed by atoms with E-state index in [0.29, 0.717) is 22.8 Å². The van der Waals surface area contributed by atoms with Gasteiger partial charge in [-0.2, -0.15) is 0 Å². The van der Waals surface area contributed by atoms with Crippen molar-refractivity contribution < 1.29 is 13.2 Å². The van der Waals surface area contributed by atoms with Gasteiger partial charge in [0, 0.05) is 17.1 Å². The average molecular weight is 369 g/mol. The van der Waals surface area contributed by atoms with Crippen molar-refractivity contribution in [1.29, 1.82) is 0 Å². The SMILES string of the molecule is COc1ccc(Nc2ccc(N)cc2S(=O)(=O)Nc2ccccc2)cc1. The standard InChI is InChI=1S/C19H19N3O3S/c1-25-17-10-8-15(9-11-17)21-18-12-7-14(20)13-19(18)26(23,24)22-16-5-3-2-4-6-16/h2-13,21-22H,20H2,1H3. The lowest BCUT2D eigenvalue weighted by molar-refractivity contribution is 0.415. The molecule has 134 valence electrons. The van der Waals surface area contributed by atoms with Crippen LogP contribution in [0.4, 0.5) is 22.7 Å². The highest BCUT2D eigenvalue weighted by Gasteiger charge is 2.19. The van der Waals surface area contributed by atoms with Crippen LogP contribution in [-0.2, 0) is 10.0 Å². The number of nitrogens with two attached hydrogens (primary N) is 1. The predicted octanol–water partition coefficient (Wildman–Crippen LogP) is 3.82. The van der Waals surface area contributed by atoms with Crippen LogP contribution < -0.4 is 20.5 Å². The number of methoxy groups -OCH3 is 1. The summed E-state index contributed by atoms with van der Waals surface area (Å²) < 4.78 is 33.4. The summed E-state index contributed by atoms with van der Waals surface area (Å²) in [6.45, 7) is 0. The molecule has 0 amide bonds. The van der Waals surface area contributed by atoms with E-state index in [9.17, 15) is 8.42 Å². The molecule has 6 nitrogen and oxygen atoms in total. The quantitative estimate of drug-likeness (QED) is 0.574. The van der Waals surface area contributed by atoms with Crippen LogP contribution >= 0.6 is 0 Å². The molecular weight excluding hydrogens is 350 g/mol. The molecule has 0 aliphatic carbocycles. The second-order valence-electron chi connectivity index (χ2n) is 5.58. The van der Waals surface area contributed by atoms with Gasteiger partial charge in [-0.25, -0.2) is 8.42 Å². The lowest BCUT2D eigenvalue weighted by Gasteiger charge is -2.15. The average Bonchev–Trinajstić information content (AvgIpc) is 2.64. The van der Waals surface area contributed by atoms with Gasteiger partial charge in [-0.1, -0.05) is 18.2 Å². The van der Waals surface area contributed by atoms with E-state index >= 15 is 0 Å². The Morgan fingerprint density at radius 2 is 1.58 bits per heavy atom. The summed E-state index contributed by atoms with van der Waals surface area (Å²) >= 11 is 0. The maximum Gasteiger partial charge on any atom is 0.264 e. The Kier molecular flexibility index (Phi) is 4.99. The number of nitrogens with one attached hydrogen (secondary N) is 2. The van der Waals surface area contributed by atoms with Crippen molar-refractivity contribution in [3.8, 4) is 5.75 Å². The van der Waals surface area contributed by atoms with Gasteiger partial charge in [-0.15, -0.1) is 0 Å². The number of nitrogen functional groups attached to an aromatic ring is 1. The zero-order valence-electron chi connectivity index (χ0n) is 14.1. The summed E-state index contributed by atoms with van der Waals surface area (Å²) in [5, 5.41) is 3.11. The van der Waals surface area contributed by atoms with Crippen molar-refractivity contribution in [2.45, 2.75) is 4.90 Å². The lowest BCUT2D eigenvalue weighted by Crippen LogP contribution is -2.15. The van der Waals surface area contributed by atoms with Gasteiger partial charge in [-0.3, -0.25) is 4.72 Å². The predicted molar refractivity (Wildman–Crippen MR) is 104 cm³/mol. The molecule has 0 aliphatic rings. The second kappa shape index (κ2) is 7.37. The summed E-state index contributed by atoms with van der Waals surface area (Å²) in [4.78, 5) is 0.0668. The van der Waals surface area contributed by atoms with Crippen LogP contribution in [0.15, 0.2) is 77.7 Å². The Morgan fingerprint density at radius 3 is 2.23 bits per heavy atom. The Labute approximate surface area is 152 Å². The summed E-state index contributed by atoms with van der Waals surface area (Å²) in [5.74, 6) is 0.714. The van der Waals surface area contributed by atoms with Crippen LogP contribution in [0.1, 0.15) is 0 Å². The van der Waals surface area contributed by atoms with Crippen LogP contribution in [-0.4, -0.2) is 15.5 Å². The zero-order valence-corrected chi connectivity index (χ0v) is 15.0. The van der Waals surface area contributed by atoms with Crippen molar-refractivity contribution in [1.82, 2.24) is 0 Å². The number of benzene rings is 3. The third-order valence-corrected chi connectivity index (χ3v) is 5.11. The topological polar surface area (TPSA) is 93.4 Å². The molecule has 3 aromatic carbocycles. The molecule has 0 saturated carbocycles. The molecule has 0 atom stereocenters. The molecule has 3 rings (SSSR count). The van der Waals surface area contributed by atoms with E-state index in [1.807, 2.05) is 6.07 Å². The van der Waals surface area contributed by atoms with Crippen molar-refractivity contribution in [3.63, 3.8) is 0 Å². The minimum absolute atomic E-state index is 0.0668. The summed E-state index contributed by atoms with van der Waals surface area (Å²) in [5.41, 5.74) is 7.80. The maximum atomic E-state index is 12.8. The minimum Gasteiger partial charge on any atom is -0.497 e. The zero-order chi connectivity index (χ0) is 18.6. The van der Waals surface area contributed by atoms with Gasteiger partial charge in [0.1, 0.15) is 10.6 Å². The molecule has 3 aromatic rings. The Morgan fingerprint density at radius 1 is 0.885 bits per heavy atom. The van der Waals surface area contributed by atoms with Crippen molar-refractivity contribution in [2.75, 3.05) is 22.9 Å². The van der Waals surface area contributed by atoms with Crippen molar-refractivity contribution >= 4 is 32.8 Å². The third-order valence-electron chi connectivity index (χ3n) is 3.69. The molecule has 0 radical (unpaired) electrons. The van der Waals surface area contributed by atoms with Gasteiger partial charge in [-0.05, 0) is 54.6 Å². The fraction of sp³-hybridized carbons (Fsp3) is 0.0526. The van der Waals surface area contributed by atoms with Gasteiger partial charge >= 0.3 is 0 Å². The first-order valence-corrected chi connectivity index (χ1v) is 9.35. The van der Waals surface area contributed by atoms with Crippen LogP contribution in [0.2, 0.25) is 0 Å². The molecule has 0 spiro atoms. The monoisotopic (exact) mass is 369 g/mol. The Hall–Kier alpha value is -3.19. The fourth-order valence-corrected chi connectivity index (χ4v) is 3.67. The summed E-state index contributed by atoms with van der Waals surface area (Å²) in [6.07, 6.45) is 0. The van der Waals surface area contributed by atoms with E-state index in [0.717, 1.165) is 5.69 Å². The van der Waals surface area contributed by atoms with Gasteiger partial charge in [0.05, 0.1) is 12.8 Å². The molecule has 0 aromatic heterocycles. The molecule has 0 fully saturated rings. The molecule has 26 heavy (non-hydrogen) atoms. The minimum atomic E-state index is -3.82. The van der Waals surface area contributed by atoms with E-state index in [1.165, 1.54) is 6.07 Å². The summed E-state index contributed by atoms with van der Waals surface area (Å²) in [7, 11) is -2.23. The molecule has 0 aliphatic heterocycles. The van der Waals surface area contributed by atoms with Crippen LogP contribution in [0.25, 0.3) is 0 Å². The number of anilines is 4. The van der Waals surface area contributed by atoms with E-state index in [4.69, 9.17) is 10.5 Å². The highest BCUT2D eigenvalue weighted by molar-refractivity contribution is 7.92. The van der Waals surface area contributed by atoms with Crippen LogP contribution in [0.5, 0.6) is 5.75 Å². The number of para-hydroxylation sites is 1. The number of hydrogen-bond donors (Lipinski definition) is 3. The maximum absolute atomic E-state index is 12.8. The van der Waals surface area contributed by atoms with Crippen LogP contribution in [0.3, 0.4) is 0 Å². The molecule has 0 heterocycles. The molecule has 0 bridgehead atoms. The molecule has 0 saturated heterocycles. The number of rotatable bonds is 6. The summed E-state index contributed by atoms with van der Waals surface area (Å²) in [6, 6.07) is 20.6. The van der Waals surface area contributed by atoms with Crippen molar-refractivity contribution in [3.05, 3.63) is 72.8 Å². The van der Waals surface area contributed by atoms with Crippen molar-refractivity contribution in [2.24, 2.45) is 0 Å². The van der Waals surface area contributed by atoms with Crippen LogP contribution in [0, 0.1) is 0 Å². The van der Waals surface area contributed by atoms with E-state index < -0.39 is 10.0 Å². The highest BCUT2D eigenvalue weighted by atomic mass is 32.2. The second-order valence-corrected chi connectivity index (χ2v) is 7.23. The molecule has 4 N–H and O–H groups in total.